The first-order valence-corrected chi connectivity index (χ1v) is 5.94. The minimum atomic E-state index is 0.544. The molecule has 0 unspecified atom stereocenters. The topological polar surface area (TPSA) is 34.2 Å². The molecule has 0 bridgehead atoms. The first-order valence-electron chi connectivity index (χ1n) is 5.94. The van der Waals surface area contributed by atoms with Gasteiger partial charge in [-0.15, -0.1) is 0 Å². The summed E-state index contributed by atoms with van der Waals surface area (Å²) in [5.41, 5.74) is 2.63. The van der Waals surface area contributed by atoms with E-state index in [1.54, 1.807) is 13.3 Å². The molecule has 3 heteroatoms. The number of aryl methyl sites for hydroxylation is 1. The second kappa shape index (κ2) is 4.32. The van der Waals surface area contributed by atoms with Gasteiger partial charge in [0.05, 0.1) is 19.0 Å². The molecule has 1 aromatic heterocycles. The summed E-state index contributed by atoms with van der Waals surface area (Å²) in [5, 5.41) is 3.49. The van der Waals surface area contributed by atoms with Crippen LogP contribution in [0.3, 0.4) is 0 Å². The summed E-state index contributed by atoms with van der Waals surface area (Å²) in [4.78, 5) is 4.23. The molecular formula is C13H20N2O. The van der Waals surface area contributed by atoms with Gasteiger partial charge in [0, 0.05) is 12.2 Å². The van der Waals surface area contributed by atoms with E-state index >= 15 is 0 Å². The van der Waals surface area contributed by atoms with E-state index < -0.39 is 0 Å². The second-order valence-corrected chi connectivity index (χ2v) is 4.73. The Morgan fingerprint density at radius 3 is 2.81 bits per heavy atom. The van der Waals surface area contributed by atoms with Gasteiger partial charge in [-0.05, 0) is 37.7 Å². The van der Waals surface area contributed by atoms with Gasteiger partial charge in [0.2, 0.25) is 0 Å². The van der Waals surface area contributed by atoms with Gasteiger partial charge in [0.15, 0.2) is 5.75 Å². The minimum Gasteiger partial charge on any atom is -0.493 e. The Bertz CT molecular complexity index is 372. The van der Waals surface area contributed by atoms with Crippen LogP contribution < -0.4 is 10.1 Å². The molecule has 16 heavy (non-hydrogen) atoms. The van der Waals surface area contributed by atoms with Gasteiger partial charge in [-0.2, -0.15) is 0 Å². The average Bonchev–Trinajstić information content (AvgIpc) is 3.07. The smallest absolute Gasteiger partial charge is 0.160 e. The number of ether oxygens (including phenoxy) is 1. The third kappa shape index (κ3) is 2.29. The summed E-state index contributed by atoms with van der Waals surface area (Å²) in [6.45, 7) is 5.31. The van der Waals surface area contributed by atoms with E-state index in [4.69, 9.17) is 4.74 Å². The molecule has 2 rings (SSSR count). The van der Waals surface area contributed by atoms with Crippen molar-refractivity contribution in [1.29, 1.82) is 0 Å². The molecule has 0 spiro atoms. The van der Waals surface area contributed by atoms with Crippen LogP contribution in [0.5, 0.6) is 5.75 Å². The van der Waals surface area contributed by atoms with E-state index in [1.807, 2.05) is 13.0 Å². The number of pyridine rings is 1. The van der Waals surface area contributed by atoms with Crippen molar-refractivity contribution in [1.82, 2.24) is 4.98 Å². The van der Waals surface area contributed by atoms with Crippen molar-refractivity contribution in [3.8, 4) is 5.75 Å². The van der Waals surface area contributed by atoms with Gasteiger partial charge in [-0.1, -0.05) is 6.92 Å². The number of hydrogen-bond acceptors (Lipinski definition) is 3. The molecule has 0 radical (unpaired) electrons. The van der Waals surface area contributed by atoms with Crippen LogP contribution in [0.4, 0.5) is 5.69 Å². The fraction of sp³-hybridized carbons (Fsp3) is 0.615. The molecule has 1 saturated carbocycles. The van der Waals surface area contributed by atoms with Crippen LogP contribution >= 0.6 is 0 Å². The van der Waals surface area contributed by atoms with E-state index in [-0.39, 0.29) is 0 Å². The number of methoxy groups -OCH3 is 1. The second-order valence-electron chi connectivity index (χ2n) is 4.73. The van der Waals surface area contributed by atoms with Crippen molar-refractivity contribution in [2.75, 3.05) is 19.0 Å². The minimum absolute atomic E-state index is 0.544. The van der Waals surface area contributed by atoms with Crippen molar-refractivity contribution in [3.63, 3.8) is 0 Å². The molecular weight excluding hydrogens is 200 g/mol. The number of anilines is 1. The zero-order chi connectivity index (χ0) is 11.6. The maximum Gasteiger partial charge on any atom is 0.160 e. The van der Waals surface area contributed by atoms with E-state index in [9.17, 15) is 0 Å². The number of nitrogens with one attached hydrogen (secondary N) is 1. The van der Waals surface area contributed by atoms with Crippen molar-refractivity contribution < 1.29 is 4.74 Å². The Kier molecular flexibility index (Phi) is 3.03. The summed E-state index contributed by atoms with van der Waals surface area (Å²) in [7, 11) is 1.68. The highest BCUT2D eigenvalue weighted by atomic mass is 16.5. The molecule has 1 aliphatic carbocycles. The van der Waals surface area contributed by atoms with Crippen molar-refractivity contribution in [3.05, 3.63) is 18.0 Å². The molecule has 1 aromatic rings. The largest absolute Gasteiger partial charge is 0.493 e. The molecule has 88 valence electrons. The molecule has 0 amide bonds. The van der Waals surface area contributed by atoms with Crippen molar-refractivity contribution >= 4 is 5.69 Å². The highest BCUT2D eigenvalue weighted by Crippen LogP contribution is 2.48. The van der Waals surface area contributed by atoms with Gasteiger partial charge in [-0.3, -0.25) is 4.98 Å². The zero-order valence-corrected chi connectivity index (χ0v) is 10.3. The predicted octanol–water partition coefficient (Wildman–Crippen LogP) is 3.00. The van der Waals surface area contributed by atoms with Crippen molar-refractivity contribution in [2.45, 2.75) is 33.1 Å². The first kappa shape index (κ1) is 11.2. The molecule has 0 aliphatic heterocycles. The van der Waals surface area contributed by atoms with Crippen LogP contribution in [-0.4, -0.2) is 18.6 Å². The van der Waals surface area contributed by atoms with Crippen LogP contribution in [-0.2, 0) is 0 Å². The van der Waals surface area contributed by atoms with E-state index in [0.717, 1.165) is 23.7 Å². The van der Waals surface area contributed by atoms with Gasteiger partial charge in [0.1, 0.15) is 0 Å². The Balaban J connectivity index is 2.05. The third-order valence-corrected chi connectivity index (χ3v) is 3.58. The molecule has 1 N–H and O–H groups in total. The Morgan fingerprint density at radius 1 is 1.50 bits per heavy atom. The lowest BCUT2D eigenvalue weighted by Gasteiger charge is -2.16. The predicted molar refractivity (Wildman–Crippen MR) is 66.0 cm³/mol. The molecule has 1 fully saturated rings. The third-order valence-electron chi connectivity index (χ3n) is 3.58. The maximum atomic E-state index is 5.29. The van der Waals surface area contributed by atoms with E-state index in [1.165, 1.54) is 19.3 Å². The summed E-state index contributed by atoms with van der Waals surface area (Å²) >= 11 is 0. The number of hydrogen-bond donors (Lipinski definition) is 1. The molecule has 0 saturated heterocycles. The molecule has 1 aliphatic rings. The Hall–Kier alpha value is -1.25. The molecule has 0 aromatic carbocycles. The van der Waals surface area contributed by atoms with Gasteiger partial charge in [0.25, 0.3) is 0 Å². The lowest BCUT2D eigenvalue weighted by Crippen LogP contribution is -2.15. The van der Waals surface area contributed by atoms with Gasteiger partial charge >= 0.3 is 0 Å². The fourth-order valence-electron chi connectivity index (χ4n) is 1.96. The van der Waals surface area contributed by atoms with E-state index in [2.05, 4.69) is 17.2 Å². The summed E-state index contributed by atoms with van der Waals surface area (Å²) in [5.74, 6) is 0.831. The van der Waals surface area contributed by atoms with Crippen molar-refractivity contribution in [2.24, 2.45) is 5.41 Å². The lowest BCUT2D eigenvalue weighted by atomic mass is 10.0. The Labute approximate surface area is 97.2 Å². The van der Waals surface area contributed by atoms with Gasteiger partial charge < -0.3 is 10.1 Å². The monoisotopic (exact) mass is 220 g/mol. The number of nitrogens with zero attached hydrogens (tertiary/aromatic N) is 1. The number of aromatic nitrogens is 1. The number of rotatable bonds is 5. The summed E-state index contributed by atoms with van der Waals surface area (Å²) in [6, 6.07) is 2.05. The SMILES string of the molecule is CCC1(CNc2cc(C)ncc2OC)CC1. The highest BCUT2D eigenvalue weighted by molar-refractivity contribution is 5.56. The Morgan fingerprint density at radius 2 is 2.25 bits per heavy atom. The summed E-state index contributed by atoms with van der Waals surface area (Å²) < 4.78 is 5.29. The van der Waals surface area contributed by atoms with Crippen LogP contribution in [0.15, 0.2) is 12.3 Å². The quantitative estimate of drug-likeness (QED) is 0.828. The normalized spacial score (nSPS) is 16.9. The highest BCUT2D eigenvalue weighted by Gasteiger charge is 2.40. The maximum absolute atomic E-state index is 5.29. The van der Waals surface area contributed by atoms with Gasteiger partial charge in [-0.25, -0.2) is 0 Å². The van der Waals surface area contributed by atoms with Crippen LogP contribution in [0.2, 0.25) is 0 Å². The van der Waals surface area contributed by atoms with Crippen LogP contribution in [0.1, 0.15) is 31.9 Å². The zero-order valence-electron chi connectivity index (χ0n) is 10.3. The van der Waals surface area contributed by atoms with E-state index in [0.29, 0.717) is 5.41 Å². The van der Waals surface area contributed by atoms with Crippen LogP contribution in [0, 0.1) is 12.3 Å². The molecule has 1 heterocycles. The fourth-order valence-corrected chi connectivity index (χ4v) is 1.96. The van der Waals surface area contributed by atoms with Crippen LogP contribution in [0.25, 0.3) is 0 Å². The molecule has 3 nitrogen and oxygen atoms in total. The lowest BCUT2D eigenvalue weighted by molar-refractivity contribution is 0.413. The standard InChI is InChI=1S/C13H20N2O/c1-4-13(5-6-13)9-15-11-7-10(2)14-8-12(11)16-3/h7-8H,4-6,9H2,1-3H3,(H,14,15). The summed E-state index contributed by atoms with van der Waals surface area (Å²) in [6.07, 6.45) is 5.74. The first-order chi connectivity index (χ1) is 7.69. The average molecular weight is 220 g/mol. The molecule has 0 atom stereocenters.